The summed E-state index contributed by atoms with van der Waals surface area (Å²) in [5, 5.41) is 13.0. The number of nitrogens with one attached hydrogen (secondary N) is 1. The van der Waals surface area contributed by atoms with Gasteiger partial charge in [0.2, 0.25) is 0 Å². The van der Waals surface area contributed by atoms with Crippen molar-refractivity contribution >= 4 is 40.6 Å². The summed E-state index contributed by atoms with van der Waals surface area (Å²) in [6.45, 7) is 0. The summed E-state index contributed by atoms with van der Waals surface area (Å²) >= 11 is 8.24. The first-order chi connectivity index (χ1) is 9.08. The first-order valence-electron chi connectivity index (χ1n) is 6.21. The zero-order valence-electron chi connectivity index (χ0n) is 10.5. The van der Waals surface area contributed by atoms with Crippen LogP contribution in [0.15, 0.2) is 12.1 Å². The van der Waals surface area contributed by atoms with Gasteiger partial charge in [-0.3, -0.25) is 4.79 Å². The van der Waals surface area contributed by atoms with Crippen LogP contribution in [0, 0.1) is 0 Å². The van der Waals surface area contributed by atoms with Crippen LogP contribution in [-0.2, 0) is 4.79 Å². The lowest BCUT2D eigenvalue weighted by Crippen LogP contribution is -2.31. The second-order valence-corrected chi connectivity index (χ2v) is 6.47. The Morgan fingerprint density at radius 1 is 1.53 bits per heavy atom. The van der Waals surface area contributed by atoms with E-state index in [9.17, 15) is 9.90 Å². The minimum Gasteiger partial charge on any atom is -0.378 e. The third kappa shape index (κ3) is 2.20. The lowest BCUT2D eigenvalue weighted by atomic mass is 10.1. The van der Waals surface area contributed by atoms with Crippen molar-refractivity contribution in [3.8, 4) is 0 Å². The van der Waals surface area contributed by atoms with Crippen LogP contribution >= 0.6 is 23.4 Å². The van der Waals surface area contributed by atoms with Gasteiger partial charge in [-0.1, -0.05) is 11.6 Å². The van der Waals surface area contributed by atoms with E-state index in [1.165, 1.54) is 5.75 Å². The lowest BCUT2D eigenvalue weighted by Gasteiger charge is -2.27. The normalized spacial score (nSPS) is 25.3. The molecule has 2 atom stereocenters. The monoisotopic (exact) mass is 298 g/mol. The highest BCUT2D eigenvalue weighted by Gasteiger charge is 2.31. The van der Waals surface area contributed by atoms with Gasteiger partial charge in [0, 0.05) is 30.1 Å². The molecule has 0 bridgehead atoms. The molecule has 1 aromatic rings. The van der Waals surface area contributed by atoms with E-state index >= 15 is 0 Å². The molecule has 1 saturated heterocycles. The standard InChI is InChI=1S/C13H15ClN2O2S/c1-16(7-2-3-19-6-7)11-5-10-8(4-9(11)14)12(17)13(18)15-10/h4-5,7,12,17H,2-3,6H2,1H3,(H,15,18). The second-order valence-electron chi connectivity index (χ2n) is 4.91. The van der Waals surface area contributed by atoms with Crippen molar-refractivity contribution in [3.05, 3.63) is 22.7 Å². The average Bonchev–Trinajstić information content (AvgIpc) is 3.00. The Kier molecular flexibility index (Phi) is 3.37. The van der Waals surface area contributed by atoms with Gasteiger partial charge in [0.05, 0.1) is 10.7 Å². The van der Waals surface area contributed by atoms with Gasteiger partial charge in [0.25, 0.3) is 5.91 Å². The maximum atomic E-state index is 11.5. The number of carbonyl (C=O) groups is 1. The number of hydrogen-bond acceptors (Lipinski definition) is 4. The number of fused-ring (bicyclic) bond motifs is 1. The fourth-order valence-corrected chi connectivity index (χ4v) is 4.12. The molecule has 2 N–H and O–H groups in total. The Hall–Kier alpha value is -0.910. The molecule has 102 valence electrons. The second kappa shape index (κ2) is 4.89. The first-order valence-corrected chi connectivity index (χ1v) is 7.74. The maximum Gasteiger partial charge on any atom is 0.257 e. The van der Waals surface area contributed by atoms with Gasteiger partial charge in [0.15, 0.2) is 6.10 Å². The van der Waals surface area contributed by atoms with Crippen molar-refractivity contribution in [1.82, 2.24) is 0 Å². The predicted octanol–water partition coefficient (Wildman–Crippen LogP) is 2.27. The topological polar surface area (TPSA) is 52.6 Å². The molecule has 0 aromatic heterocycles. The number of thioether (sulfide) groups is 1. The van der Waals surface area contributed by atoms with Gasteiger partial charge < -0.3 is 15.3 Å². The van der Waals surface area contributed by atoms with E-state index in [1.54, 1.807) is 6.07 Å². The SMILES string of the molecule is CN(c1cc2c(cc1Cl)C(O)C(=O)N2)C1CCSC1. The zero-order valence-corrected chi connectivity index (χ0v) is 12.1. The van der Waals surface area contributed by atoms with Gasteiger partial charge in [-0.05, 0) is 24.3 Å². The van der Waals surface area contributed by atoms with E-state index in [1.807, 2.05) is 24.9 Å². The molecule has 0 spiro atoms. The molecule has 1 fully saturated rings. The van der Waals surface area contributed by atoms with Crippen LogP contribution < -0.4 is 10.2 Å². The molecule has 1 aromatic carbocycles. The molecule has 3 rings (SSSR count). The summed E-state index contributed by atoms with van der Waals surface area (Å²) in [4.78, 5) is 13.6. The number of aliphatic hydroxyl groups is 1. The molecule has 4 nitrogen and oxygen atoms in total. The van der Waals surface area contributed by atoms with Crippen LogP contribution in [0.1, 0.15) is 18.1 Å². The van der Waals surface area contributed by atoms with Gasteiger partial charge in [-0.15, -0.1) is 0 Å². The van der Waals surface area contributed by atoms with Gasteiger partial charge in [-0.2, -0.15) is 11.8 Å². The molecular formula is C13H15ClN2O2S. The first kappa shape index (κ1) is 13.1. The number of aliphatic hydroxyl groups excluding tert-OH is 1. The smallest absolute Gasteiger partial charge is 0.257 e. The highest BCUT2D eigenvalue weighted by Crippen LogP contribution is 2.40. The van der Waals surface area contributed by atoms with Crippen molar-refractivity contribution in [3.63, 3.8) is 0 Å². The Bertz CT molecular complexity index is 532. The Morgan fingerprint density at radius 3 is 3.00 bits per heavy atom. The number of amides is 1. The van der Waals surface area contributed by atoms with E-state index in [0.29, 0.717) is 22.3 Å². The highest BCUT2D eigenvalue weighted by atomic mass is 35.5. The molecule has 2 heterocycles. The maximum absolute atomic E-state index is 11.5. The Morgan fingerprint density at radius 2 is 2.32 bits per heavy atom. The van der Waals surface area contributed by atoms with Gasteiger partial charge >= 0.3 is 0 Å². The van der Waals surface area contributed by atoms with E-state index < -0.39 is 6.10 Å². The summed E-state index contributed by atoms with van der Waals surface area (Å²) in [5.74, 6) is 1.88. The molecule has 0 radical (unpaired) electrons. The number of anilines is 2. The minimum absolute atomic E-state index is 0.387. The quantitative estimate of drug-likeness (QED) is 0.879. The average molecular weight is 299 g/mol. The summed E-state index contributed by atoms with van der Waals surface area (Å²) in [7, 11) is 2.03. The number of halogens is 1. The van der Waals surface area contributed by atoms with Crippen LogP contribution in [0.3, 0.4) is 0 Å². The van der Waals surface area contributed by atoms with Crippen molar-refractivity contribution in [2.45, 2.75) is 18.6 Å². The van der Waals surface area contributed by atoms with Crippen molar-refractivity contribution in [2.24, 2.45) is 0 Å². The zero-order chi connectivity index (χ0) is 13.6. The molecule has 19 heavy (non-hydrogen) atoms. The molecular weight excluding hydrogens is 284 g/mol. The van der Waals surface area contributed by atoms with E-state index in [4.69, 9.17) is 11.6 Å². The number of benzene rings is 1. The van der Waals surface area contributed by atoms with Crippen LogP contribution in [0.2, 0.25) is 5.02 Å². The van der Waals surface area contributed by atoms with Crippen LogP contribution in [0.25, 0.3) is 0 Å². The van der Waals surface area contributed by atoms with Crippen LogP contribution in [0.5, 0.6) is 0 Å². The number of hydrogen-bond donors (Lipinski definition) is 2. The summed E-state index contributed by atoms with van der Waals surface area (Å²) in [6, 6.07) is 4.02. The predicted molar refractivity (Wildman–Crippen MR) is 79.2 cm³/mol. The third-order valence-corrected chi connectivity index (χ3v) is 5.20. The molecule has 2 aliphatic heterocycles. The van der Waals surface area contributed by atoms with Crippen LogP contribution in [0.4, 0.5) is 11.4 Å². The summed E-state index contributed by atoms with van der Waals surface area (Å²) in [5.41, 5.74) is 2.13. The number of carbonyl (C=O) groups excluding carboxylic acids is 1. The minimum atomic E-state index is -1.10. The van der Waals surface area contributed by atoms with Crippen molar-refractivity contribution in [1.29, 1.82) is 0 Å². The molecule has 0 saturated carbocycles. The fourth-order valence-electron chi connectivity index (χ4n) is 2.55. The number of rotatable bonds is 2. The largest absolute Gasteiger partial charge is 0.378 e. The molecule has 2 aliphatic rings. The molecule has 6 heteroatoms. The fraction of sp³-hybridized carbons (Fsp3) is 0.462. The Balaban J connectivity index is 1.95. The van der Waals surface area contributed by atoms with Crippen molar-refractivity contribution < 1.29 is 9.90 Å². The van der Waals surface area contributed by atoms with Gasteiger partial charge in [0.1, 0.15) is 0 Å². The lowest BCUT2D eigenvalue weighted by molar-refractivity contribution is -0.123. The number of nitrogens with zero attached hydrogens (tertiary/aromatic N) is 1. The molecule has 2 unspecified atom stereocenters. The van der Waals surface area contributed by atoms with Crippen molar-refractivity contribution in [2.75, 3.05) is 28.8 Å². The highest BCUT2D eigenvalue weighted by molar-refractivity contribution is 7.99. The van der Waals surface area contributed by atoms with E-state index in [-0.39, 0.29) is 5.91 Å². The summed E-state index contributed by atoms with van der Waals surface area (Å²) < 4.78 is 0. The van der Waals surface area contributed by atoms with Crippen LogP contribution in [-0.4, -0.2) is 35.6 Å². The Labute approximate surface area is 121 Å². The summed E-state index contributed by atoms with van der Waals surface area (Å²) in [6.07, 6.45) is 0.0395. The van der Waals surface area contributed by atoms with E-state index in [2.05, 4.69) is 10.2 Å². The molecule has 1 amide bonds. The van der Waals surface area contributed by atoms with E-state index in [0.717, 1.165) is 17.9 Å². The molecule has 0 aliphatic carbocycles. The van der Waals surface area contributed by atoms with Gasteiger partial charge in [-0.25, -0.2) is 0 Å². The third-order valence-electron chi connectivity index (χ3n) is 3.75.